The molecule has 2 aromatic carbocycles. The van der Waals surface area contributed by atoms with Crippen LogP contribution in [0.2, 0.25) is 0 Å². The van der Waals surface area contributed by atoms with Gasteiger partial charge in [0.25, 0.3) is 5.91 Å². The third kappa shape index (κ3) is 5.85. The van der Waals surface area contributed by atoms with Gasteiger partial charge in [-0.3, -0.25) is 14.4 Å². The highest BCUT2D eigenvalue weighted by molar-refractivity contribution is 6.01. The summed E-state index contributed by atoms with van der Waals surface area (Å²) in [6.07, 6.45) is 0. The summed E-state index contributed by atoms with van der Waals surface area (Å²) < 4.78 is 27.8. The number of benzene rings is 2. The Morgan fingerprint density at radius 3 is 2.20 bits per heavy atom. The van der Waals surface area contributed by atoms with Crippen LogP contribution in [0.25, 0.3) is 0 Å². The van der Waals surface area contributed by atoms with Crippen LogP contribution in [0, 0.1) is 17.6 Å². The normalized spacial score (nSPS) is 11.7. The second-order valence-electron chi connectivity index (χ2n) is 7.36. The van der Waals surface area contributed by atoms with Crippen molar-refractivity contribution in [2.45, 2.75) is 33.4 Å². The van der Waals surface area contributed by atoms with E-state index in [0.717, 1.165) is 23.8 Å². The number of nitrogens with zero attached hydrogens (tertiary/aromatic N) is 1. The van der Waals surface area contributed by atoms with Gasteiger partial charge < -0.3 is 15.5 Å². The van der Waals surface area contributed by atoms with Crippen molar-refractivity contribution in [1.82, 2.24) is 10.2 Å². The number of anilines is 1. The van der Waals surface area contributed by atoms with Gasteiger partial charge in [-0.2, -0.15) is 0 Å². The van der Waals surface area contributed by atoms with Crippen LogP contribution < -0.4 is 10.6 Å². The Bertz CT molecular complexity index is 927. The van der Waals surface area contributed by atoms with Gasteiger partial charge in [-0.15, -0.1) is 0 Å². The van der Waals surface area contributed by atoms with Crippen molar-refractivity contribution in [2.24, 2.45) is 5.92 Å². The molecule has 0 fully saturated rings. The van der Waals surface area contributed by atoms with E-state index in [2.05, 4.69) is 10.6 Å². The summed E-state index contributed by atoms with van der Waals surface area (Å²) in [5.41, 5.74) is 0.556. The molecule has 0 heterocycles. The van der Waals surface area contributed by atoms with Crippen LogP contribution in [0.3, 0.4) is 0 Å². The SMILES string of the molecule is CC(=O)N(C)Cc1cccc(NC(=O)C(NC(=O)c2c(F)cccc2F)C(C)C)c1. The van der Waals surface area contributed by atoms with E-state index in [9.17, 15) is 23.2 Å². The molecule has 3 amide bonds. The van der Waals surface area contributed by atoms with Crippen molar-refractivity contribution in [3.63, 3.8) is 0 Å². The second kappa shape index (κ2) is 9.96. The third-order valence-electron chi connectivity index (χ3n) is 4.58. The molecule has 6 nitrogen and oxygen atoms in total. The maximum Gasteiger partial charge on any atom is 0.257 e. The average Bonchev–Trinajstić information content (AvgIpc) is 2.65. The molecule has 8 heteroatoms. The van der Waals surface area contributed by atoms with Crippen molar-refractivity contribution in [3.8, 4) is 0 Å². The van der Waals surface area contributed by atoms with Gasteiger partial charge in [-0.05, 0) is 35.7 Å². The first-order valence-electron chi connectivity index (χ1n) is 9.46. The Kier molecular flexibility index (Phi) is 7.63. The fraction of sp³-hybridized carbons (Fsp3) is 0.318. The number of carbonyl (C=O) groups is 3. The van der Waals surface area contributed by atoms with Crippen LogP contribution in [-0.2, 0) is 16.1 Å². The Balaban J connectivity index is 2.15. The second-order valence-corrected chi connectivity index (χ2v) is 7.36. The Morgan fingerprint density at radius 2 is 1.63 bits per heavy atom. The molecule has 2 aromatic rings. The molecule has 1 unspecified atom stereocenters. The van der Waals surface area contributed by atoms with Gasteiger partial charge >= 0.3 is 0 Å². The molecule has 0 aliphatic rings. The van der Waals surface area contributed by atoms with Crippen molar-refractivity contribution in [2.75, 3.05) is 12.4 Å². The summed E-state index contributed by atoms with van der Waals surface area (Å²) in [5, 5.41) is 5.12. The number of hydrogen-bond donors (Lipinski definition) is 2. The van der Waals surface area contributed by atoms with Crippen molar-refractivity contribution >= 4 is 23.4 Å². The molecule has 2 N–H and O–H groups in total. The quantitative estimate of drug-likeness (QED) is 0.725. The van der Waals surface area contributed by atoms with E-state index in [1.165, 1.54) is 11.8 Å². The van der Waals surface area contributed by atoms with Crippen molar-refractivity contribution in [1.29, 1.82) is 0 Å². The van der Waals surface area contributed by atoms with E-state index in [4.69, 9.17) is 0 Å². The number of carbonyl (C=O) groups excluding carboxylic acids is 3. The summed E-state index contributed by atoms with van der Waals surface area (Å²) in [4.78, 5) is 38.1. The van der Waals surface area contributed by atoms with Crippen LogP contribution in [0.1, 0.15) is 36.7 Å². The molecule has 0 saturated carbocycles. The number of nitrogens with one attached hydrogen (secondary N) is 2. The minimum Gasteiger partial charge on any atom is -0.342 e. The summed E-state index contributed by atoms with van der Waals surface area (Å²) in [5.74, 6) is -3.96. The Morgan fingerprint density at radius 1 is 1.03 bits per heavy atom. The topological polar surface area (TPSA) is 78.5 Å². The smallest absolute Gasteiger partial charge is 0.257 e. The highest BCUT2D eigenvalue weighted by Crippen LogP contribution is 2.16. The Labute approximate surface area is 174 Å². The predicted octanol–water partition coefficient (Wildman–Crippen LogP) is 3.34. The highest BCUT2D eigenvalue weighted by Gasteiger charge is 2.27. The first kappa shape index (κ1) is 23.0. The zero-order chi connectivity index (χ0) is 22.4. The fourth-order valence-electron chi connectivity index (χ4n) is 2.82. The molecule has 0 aromatic heterocycles. The highest BCUT2D eigenvalue weighted by atomic mass is 19.1. The molecule has 0 spiro atoms. The lowest BCUT2D eigenvalue weighted by molar-refractivity contribution is -0.128. The number of amides is 3. The van der Waals surface area contributed by atoms with Crippen LogP contribution in [-0.4, -0.2) is 35.7 Å². The van der Waals surface area contributed by atoms with Crippen molar-refractivity contribution in [3.05, 3.63) is 65.2 Å². The lowest BCUT2D eigenvalue weighted by Gasteiger charge is -2.22. The average molecular weight is 417 g/mol. The molecule has 0 saturated heterocycles. The van der Waals surface area contributed by atoms with Gasteiger partial charge in [0.1, 0.15) is 23.2 Å². The summed E-state index contributed by atoms with van der Waals surface area (Å²) in [6, 6.07) is 9.04. The summed E-state index contributed by atoms with van der Waals surface area (Å²) >= 11 is 0. The van der Waals surface area contributed by atoms with Gasteiger partial charge in [0, 0.05) is 26.2 Å². The standard InChI is InChI=1S/C22H25F2N3O3/c1-13(2)20(26-21(29)19-17(23)9-6-10-18(19)24)22(30)25-16-8-5-7-15(11-16)12-27(4)14(3)28/h5-11,13,20H,12H2,1-4H3,(H,25,30)(H,26,29). The predicted molar refractivity (Wildman–Crippen MR) is 110 cm³/mol. The molecule has 0 aliphatic heterocycles. The molecular formula is C22H25F2N3O3. The van der Waals surface area contributed by atoms with Crippen LogP contribution >= 0.6 is 0 Å². The van der Waals surface area contributed by atoms with E-state index in [1.807, 2.05) is 6.07 Å². The Hall–Kier alpha value is -3.29. The molecule has 160 valence electrons. The first-order valence-corrected chi connectivity index (χ1v) is 9.46. The van der Waals surface area contributed by atoms with Gasteiger partial charge in [0.05, 0.1) is 0 Å². The molecule has 1 atom stereocenters. The lowest BCUT2D eigenvalue weighted by Crippen LogP contribution is -2.47. The maximum atomic E-state index is 13.9. The number of hydrogen-bond acceptors (Lipinski definition) is 3. The first-order chi connectivity index (χ1) is 14.1. The minimum atomic E-state index is -1.01. The minimum absolute atomic E-state index is 0.0904. The third-order valence-corrected chi connectivity index (χ3v) is 4.58. The van der Waals surface area contributed by atoms with Crippen LogP contribution in [0.4, 0.5) is 14.5 Å². The van der Waals surface area contributed by atoms with E-state index in [1.54, 1.807) is 39.1 Å². The molecule has 0 radical (unpaired) electrons. The molecule has 30 heavy (non-hydrogen) atoms. The van der Waals surface area contributed by atoms with E-state index in [0.29, 0.717) is 12.2 Å². The fourth-order valence-corrected chi connectivity index (χ4v) is 2.82. The molecule has 0 bridgehead atoms. The summed E-state index contributed by atoms with van der Waals surface area (Å²) in [6.45, 7) is 5.25. The number of rotatable bonds is 7. The van der Waals surface area contributed by atoms with Gasteiger partial charge in [0.2, 0.25) is 11.8 Å². The largest absolute Gasteiger partial charge is 0.342 e. The zero-order valence-electron chi connectivity index (χ0n) is 17.3. The molecule has 2 rings (SSSR count). The van der Waals surface area contributed by atoms with Crippen LogP contribution in [0.5, 0.6) is 0 Å². The lowest BCUT2D eigenvalue weighted by atomic mass is 10.0. The molecule has 0 aliphatic carbocycles. The van der Waals surface area contributed by atoms with E-state index >= 15 is 0 Å². The van der Waals surface area contributed by atoms with Gasteiger partial charge in [-0.1, -0.05) is 32.0 Å². The summed E-state index contributed by atoms with van der Waals surface area (Å²) in [7, 11) is 1.67. The van der Waals surface area contributed by atoms with Gasteiger partial charge in [0.15, 0.2) is 0 Å². The number of halogens is 2. The van der Waals surface area contributed by atoms with Crippen LogP contribution in [0.15, 0.2) is 42.5 Å². The maximum absolute atomic E-state index is 13.9. The zero-order valence-corrected chi connectivity index (χ0v) is 17.3. The van der Waals surface area contributed by atoms with E-state index < -0.39 is 35.1 Å². The monoisotopic (exact) mass is 417 g/mol. The van der Waals surface area contributed by atoms with Crippen molar-refractivity contribution < 1.29 is 23.2 Å². The molecular weight excluding hydrogens is 392 g/mol. The van der Waals surface area contributed by atoms with Gasteiger partial charge in [-0.25, -0.2) is 8.78 Å². The van der Waals surface area contributed by atoms with E-state index in [-0.39, 0.29) is 11.8 Å².